The van der Waals surface area contributed by atoms with Gasteiger partial charge >= 0.3 is 11.6 Å². The molecule has 2 amide bonds. The summed E-state index contributed by atoms with van der Waals surface area (Å²) in [7, 11) is 0. The minimum absolute atomic E-state index is 0.0117. The van der Waals surface area contributed by atoms with Crippen molar-refractivity contribution >= 4 is 28.8 Å². The van der Waals surface area contributed by atoms with Crippen LogP contribution in [0.15, 0.2) is 27.4 Å². The smallest absolute Gasteiger partial charge is 0.336 e. The van der Waals surface area contributed by atoms with Crippen LogP contribution in [0.3, 0.4) is 0 Å². The van der Waals surface area contributed by atoms with Gasteiger partial charge in [0.25, 0.3) is 0 Å². The Hall–Kier alpha value is -3.16. The van der Waals surface area contributed by atoms with E-state index in [1.165, 1.54) is 12.1 Å². The van der Waals surface area contributed by atoms with Gasteiger partial charge in [0.15, 0.2) is 0 Å². The summed E-state index contributed by atoms with van der Waals surface area (Å²) < 4.78 is 10.4. The van der Waals surface area contributed by atoms with E-state index >= 15 is 0 Å². The van der Waals surface area contributed by atoms with Crippen molar-refractivity contribution in [3.8, 4) is 5.75 Å². The molecule has 1 saturated heterocycles. The third-order valence-corrected chi connectivity index (χ3v) is 5.83. The van der Waals surface area contributed by atoms with E-state index in [1.54, 1.807) is 13.0 Å². The third kappa shape index (κ3) is 3.39. The number of carbonyl (C=O) groups is 3. The van der Waals surface area contributed by atoms with Crippen LogP contribution in [0, 0.1) is 18.8 Å². The number of ether oxygens (including phenoxy) is 1. The number of aryl methyl sites for hydroxylation is 1. The van der Waals surface area contributed by atoms with E-state index in [0.29, 0.717) is 29.4 Å². The van der Waals surface area contributed by atoms with Gasteiger partial charge in [-0.05, 0) is 31.9 Å². The largest absolute Gasteiger partial charge is 0.508 e. The van der Waals surface area contributed by atoms with Crippen LogP contribution in [0.2, 0.25) is 0 Å². The molecule has 0 radical (unpaired) electrons. The molecule has 152 valence electrons. The van der Waals surface area contributed by atoms with E-state index in [1.807, 2.05) is 0 Å². The van der Waals surface area contributed by atoms with E-state index in [9.17, 15) is 24.3 Å². The monoisotopic (exact) mass is 399 g/mol. The van der Waals surface area contributed by atoms with Gasteiger partial charge in [-0.3, -0.25) is 19.3 Å². The van der Waals surface area contributed by atoms with Crippen molar-refractivity contribution in [2.24, 2.45) is 11.8 Å². The molecule has 1 aliphatic heterocycles. The molecule has 2 heterocycles. The van der Waals surface area contributed by atoms with Gasteiger partial charge in [-0.25, -0.2) is 4.79 Å². The lowest BCUT2D eigenvalue weighted by molar-refractivity contribution is -0.153. The fourth-order valence-corrected chi connectivity index (χ4v) is 4.25. The van der Waals surface area contributed by atoms with Crippen molar-refractivity contribution in [2.75, 3.05) is 6.54 Å². The second-order valence-corrected chi connectivity index (χ2v) is 7.60. The van der Waals surface area contributed by atoms with Crippen molar-refractivity contribution in [1.82, 2.24) is 4.90 Å². The molecule has 1 saturated carbocycles. The van der Waals surface area contributed by atoms with Gasteiger partial charge in [0.05, 0.1) is 11.8 Å². The Bertz CT molecular complexity index is 1050. The van der Waals surface area contributed by atoms with E-state index in [-0.39, 0.29) is 41.6 Å². The van der Waals surface area contributed by atoms with Crippen molar-refractivity contribution in [1.29, 1.82) is 0 Å². The highest BCUT2D eigenvalue weighted by atomic mass is 16.5. The average Bonchev–Trinajstić information content (AvgIpc) is 2.94. The molecule has 0 bridgehead atoms. The maximum atomic E-state index is 12.5. The Morgan fingerprint density at radius 3 is 2.48 bits per heavy atom. The van der Waals surface area contributed by atoms with E-state index in [0.717, 1.165) is 17.7 Å². The molecule has 2 fully saturated rings. The summed E-state index contributed by atoms with van der Waals surface area (Å²) in [5, 5.41) is 10.3. The molecule has 1 N–H and O–H groups in total. The Labute approximate surface area is 166 Å². The average molecular weight is 399 g/mol. The Balaban J connectivity index is 1.48. The zero-order valence-corrected chi connectivity index (χ0v) is 16.0. The van der Waals surface area contributed by atoms with Crippen LogP contribution in [0.25, 0.3) is 11.0 Å². The van der Waals surface area contributed by atoms with Gasteiger partial charge in [-0.1, -0.05) is 12.8 Å². The zero-order valence-electron chi connectivity index (χ0n) is 16.0. The minimum Gasteiger partial charge on any atom is -0.508 e. The van der Waals surface area contributed by atoms with Crippen LogP contribution in [-0.2, 0) is 25.7 Å². The number of hydrogen-bond donors (Lipinski definition) is 1. The summed E-state index contributed by atoms with van der Waals surface area (Å²) >= 11 is 0. The maximum Gasteiger partial charge on any atom is 0.336 e. The van der Waals surface area contributed by atoms with Crippen molar-refractivity contribution < 1.29 is 28.6 Å². The van der Waals surface area contributed by atoms with Crippen LogP contribution in [0.5, 0.6) is 5.75 Å². The van der Waals surface area contributed by atoms with Crippen LogP contribution in [0.1, 0.15) is 36.8 Å². The van der Waals surface area contributed by atoms with Crippen LogP contribution in [-0.4, -0.2) is 34.3 Å². The number of nitrogens with zero attached hydrogens (tertiary/aromatic N) is 1. The van der Waals surface area contributed by atoms with Crippen molar-refractivity contribution in [3.05, 3.63) is 39.7 Å². The quantitative estimate of drug-likeness (QED) is 0.475. The standard InChI is InChI=1S/C21H21NO7/c1-11-16(23)7-6-13-12(8-17(24)29-19(11)13)10-28-18(25)9-22-20(26)14-4-2-3-5-15(14)21(22)27/h6-8,14-15,23H,2-5,9-10H2,1H3/t14-,15-/m0/s1. The molecule has 0 unspecified atom stereocenters. The molecular formula is C21H21NO7. The van der Waals surface area contributed by atoms with Crippen molar-refractivity contribution in [3.63, 3.8) is 0 Å². The lowest BCUT2D eigenvalue weighted by atomic mass is 9.81. The number of phenols is 1. The number of esters is 1. The number of imide groups is 1. The highest BCUT2D eigenvalue weighted by Gasteiger charge is 2.48. The second-order valence-electron chi connectivity index (χ2n) is 7.60. The van der Waals surface area contributed by atoms with Gasteiger partial charge < -0.3 is 14.3 Å². The van der Waals surface area contributed by atoms with Crippen LogP contribution < -0.4 is 5.63 Å². The molecule has 4 rings (SSSR count). The third-order valence-electron chi connectivity index (χ3n) is 5.83. The van der Waals surface area contributed by atoms with Crippen LogP contribution >= 0.6 is 0 Å². The molecule has 1 aromatic carbocycles. The minimum atomic E-state index is -0.720. The lowest BCUT2D eigenvalue weighted by Gasteiger charge is -2.19. The SMILES string of the molecule is Cc1c(O)ccc2c(COC(=O)CN3C(=O)[C@H]4CCCC[C@@H]4C3=O)cc(=O)oc12. The predicted octanol–water partition coefficient (Wildman–Crippen LogP) is 2.03. The van der Waals surface area contributed by atoms with Crippen LogP contribution in [0.4, 0.5) is 0 Å². The summed E-state index contributed by atoms with van der Waals surface area (Å²) in [4.78, 5) is 50.1. The first-order chi connectivity index (χ1) is 13.9. The Morgan fingerprint density at radius 2 is 1.83 bits per heavy atom. The fraction of sp³-hybridized carbons (Fsp3) is 0.429. The summed E-state index contributed by atoms with van der Waals surface area (Å²) in [6, 6.07) is 4.25. The van der Waals surface area contributed by atoms with Gasteiger partial charge in [-0.2, -0.15) is 0 Å². The molecule has 29 heavy (non-hydrogen) atoms. The Morgan fingerprint density at radius 1 is 1.17 bits per heavy atom. The van der Waals surface area contributed by atoms with E-state index in [4.69, 9.17) is 9.15 Å². The summed E-state index contributed by atoms with van der Waals surface area (Å²) in [6.45, 7) is 0.971. The zero-order chi connectivity index (χ0) is 20.7. The number of carbonyl (C=O) groups excluding carboxylic acids is 3. The molecule has 2 aromatic rings. The molecule has 2 atom stereocenters. The molecule has 1 aromatic heterocycles. The number of phenolic OH excluding ortho intramolecular Hbond substituents is 1. The summed E-state index contributed by atoms with van der Waals surface area (Å²) in [6.07, 6.45) is 3.19. The molecule has 2 aliphatic rings. The van der Waals surface area contributed by atoms with Crippen molar-refractivity contribution in [2.45, 2.75) is 39.2 Å². The normalized spacial score (nSPS) is 21.5. The number of rotatable bonds is 4. The number of benzene rings is 1. The highest BCUT2D eigenvalue weighted by molar-refractivity contribution is 6.07. The number of fused-ring (bicyclic) bond motifs is 2. The molecule has 1 aliphatic carbocycles. The maximum absolute atomic E-state index is 12.5. The number of likely N-dealkylation sites (tertiary alicyclic amines) is 1. The second kappa shape index (κ2) is 7.35. The predicted molar refractivity (Wildman–Crippen MR) is 101 cm³/mol. The van der Waals surface area contributed by atoms with Gasteiger partial charge in [0.1, 0.15) is 24.5 Å². The Kier molecular flexibility index (Phi) is 4.86. The molecule has 8 nitrogen and oxygen atoms in total. The number of aromatic hydroxyl groups is 1. The number of hydrogen-bond acceptors (Lipinski definition) is 7. The first-order valence-corrected chi connectivity index (χ1v) is 9.63. The first-order valence-electron chi connectivity index (χ1n) is 9.63. The topological polar surface area (TPSA) is 114 Å². The first kappa shape index (κ1) is 19.2. The van der Waals surface area contributed by atoms with Gasteiger partial charge in [0, 0.05) is 22.6 Å². The fourth-order valence-electron chi connectivity index (χ4n) is 4.25. The van der Waals surface area contributed by atoms with Gasteiger partial charge in [0.2, 0.25) is 11.8 Å². The highest BCUT2D eigenvalue weighted by Crippen LogP contribution is 2.37. The molecular weight excluding hydrogens is 378 g/mol. The van der Waals surface area contributed by atoms with E-state index in [2.05, 4.69) is 0 Å². The lowest BCUT2D eigenvalue weighted by Crippen LogP contribution is -2.36. The summed E-state index contributed by atoms with van der Waals surface area (Å²) in [5.41, 5.74) is 0.410. The van der Waals surface area contributed by atoms with E-state index < -0.39 is 18.1 Å². The molecule has 8 heteroatoms. The number of amides is 2. The summed E-state index contributed by atoms with van der Waals surface area (Å²) in [5.74, 6) is -1.96. The molecule has 0 spiro atoms. The van der Waals surface area contributed by atoms with Gasteiger partial charge in [-0.15, -0.1) is 0 Å².